The van der Waals surface area contributed by atoms with Gasteiger partial charge in [0, 0.05) is 10.4 Å². The summed E-state index contributed by atoms with van der Waals surface area (Å²) < 4.78 is 0.862. The molecule has 0 saturated heterocycles. The second kappa shape index (κ2) is 6.55. The lowest BCUT2D eigenvalue weighted by atomic mass is 9.79. The topological polar surface area (TPSA) is 61.1 Å². The predicted molar refractivity (Wildman–Crippen MR) is 83.9 cm³/mol. The normalized spacial score (nSPS) is 13.2. The number of hydrogen-bond acceptors (Lipinski definition) is 2. The van der Waals surface area contributed by atoms with E-state index in [4.69, 9.17) is 0 Å². The smallest absolute Gasteiger partial charge is 0.321 e. The van der Waals surface area contributed by atoms with E-state index in [9.17, 15) is 15.2 Å². The third-order valence-electron chi connectivity index (χ3n) is 3.47. The van der Waals surface area contributed by atoms with Gasteiger partial charge in [-0.3, -0.25) is 4.79 Å². The van der Waals surface area contributed by atoms with E-state index in [0.717, 1.165) is 21.2 Å². The van der Waals surface area contributed by atoms with Gasteiger partial charge < -0.3 is 5.11 Å². The molecule has 0 heterocycles. The summed E-state index contributed by atoms with van der Waals surface area (Å²) in [6.07, 6.45) is 0. The first-order valence-electron chi connectivity index (χ1n) is 6.48. The maximum absolute atomic E-state index is 11.5. The van der Waals surface area contributed by atoms with Crippen LogP contribution >= 0.6 is 15.9 Å². The fourth-order valence-corrected chi connectivity index (χ4v) is 2.88. The Morgan fingerprint density at radius 1 is 1.24 bits per heavy atom. The zero-order valence-electron chi connectivity index (χ0n) is 11.5. The summed E-state index contributed by atoms with van der Waals surface area (Å²) in [6, 6.07) is 17.0. The summed E-state index contributed by atoms with van der Waals surface area (Å²) in [5, 5.41) is 18.7. The van der Waals surface area contributed by atoms with Crippen molar-refractivity contribution in [2.45, 2.75) is 12.8 Å². The summed E-state index contributed by atoms with van der Waals surface area (Å²) in [6.45, 7) is 1.93. The Kier molecular flexibility index (Phi) is 4.77. The van der Waals surface area contributed by atoms with Gasteiger partial charge in [0.1, 0.15) is 0 Å². The molecule has 2 aromatic carbocycles. The van der Waals surface area contributed by atoms with E-state index >= 15 is 0 Å². The number of nitriles is 1. The number of benzene rings is 2. The first-order chi connectivity index (χ1) is 10.0. The lowest BCUT2D eigenvalue weighted by Gasteiger charge is -2.22. The van der Waals surface area contributed by atoms with Crippen LogP contribution in [0.25, 0.3) is 0 Å². The largest absolute Gasteiger partial charge is 0.480 e. The van der Waals surface area contributed by atoms with Crippen LogP contribution in [-0.2, 0) is 4.79 Å². The number of aliphatic carboxylic acids is 1. The number of carboxylic acids is 1. The number of nitrogens with zero attached hydrogens (tertiary/aromatic N) is 1. The van der Waals surface area contributed by atoms with Gasteiger partial charge >= 0.3 is 5.97 Å². The highest BCUT2D eigenvalue weighted by Gasteiger charge is 2.31. The molecule has 3 nitrogen and oxygen atoms in total. The van der Waals surface area contributed by atoms with Crippen LogP contribution < -0.4 is 0 Å². The van der Waals surface area contributed by atoms with Crippen LogP contribution in [0.2, 0.25) is 0 Å². The number of hydrogen-bond donors (Lipinski definition) is 1. The van der Waals surface area contributed by atoms with Gasteiger partial charge in [-0.1, -0.05) is 52.3 Å². The van der Waals surface area contributed by atoms with E-state index in [0.29, 0.717) is 0 Å². The second-order valence-electron chi connectivity index (χ2n) is 4.83. The lowest BCUT2D eigenvalue weighted by Crippen LogP contribution is -2.22. The SMILES string of the molecule is Cc1ccccc1C(c1cccc(Br)c1)C(C#N)C(=O)O. The molecule has 4 heteroatoms. The molecule has 0 fully saturated rings. The van der Waals surface area contributed by atoms with Crippen molar-refractivity contribution < 1.29 is 9.90 Å². The molecule has 0 amide bonds. The van der Waals surface area contributed by atoms with Gasteiger partial charge in [-0.15, -0.1) is 0 Å². The molecule has 0 bridgehead atoms. The monoisotopic (exact) mass is 343 g/mol. The van der Waals surface area contributed by atoms with Crippen molar-refractivity contribution in [2.75, 3.05) is 0 Å². The van der Waals surface area contributed by atoms with Crippen molar-refractivity contribution in [1.29, 1.82) is 5.26 Å². The Balaban J connectivity index is 2.63. The van der Waals surface area contributed by atoms with Gasteiger partial charge in [-0.2, -0.15) is 5.26 Å². The van der Waals surface area contributed by atoms with Crippen LogP contribution in [0.15, 0.2) is 53.0 Å². The van der Waals surface area contributed by atoms with Crippen molar-refractivity contribution in [3.8, 4) is 6.07 Å². The standard InChI is InChI=1S/C17H14BrNO2/c1-11-5-2-3-8-14(11)16(15(10-19)17(20)21)12-6-4-7-13(18)9-12/h2-9,15-16H,1H3,(H,20,21). The Morgan fingerprint density at radius 2 is 1.95 bits per heavy atom. The summed E-state index contributed by atoms with van der Waals surface area (Å²) in [5.41, 5.74) is 2.65. The van der Waals surface area contributed by atoms with Crippen molar-refractivity contribution in [2.24, 2.45) is 5.92 Å². The molecule has 2 aromatic rings. The molecule has 0 aliphatic carbocycles. The van der Waals surface area contributed by atoms with E-state index in [1.807, 2.05) is 61.5 Å². The van der Waals surface area contributed by atoms with Gasteiger partial charge in [-0.05, 0) is 35.7 Å². The second-order valence-corrected chi connectivity index (χ2v) is 5.75. The number of halogens is 1. The van der Waals surface area contributed by atoms with Crippen LogP contribution in [0, 0.1) is 24.2 Å². The molecule has 2 unspecified atom stereocenters. The molecule has 0 aromatic heterocycles. The average molecular weight is 344 g/mol. The number of rotatable bonds is 4. The lowest BCUT2D eigenvalue weighted by molar-refractivity contribution is -0.140. The molecule has 0 aliphatic heterocycles. The van der Waals surface area contributed by atoms with E-state index in [-0.39, 0.29) is 0 Å². The van der Waals surface area contributed by atoms with Crippen molar-refractivity contribution in [1.82, 2.24) is 0 Å². The van der Waals surface area contributed by atoms with Crippen LogP contribution in [0.4, 0.5) is 0 Å². The van der Waals surface area contributed by atoms with E-state index < -0.39 is 17.8 Å². The van der Waals surface area contributed by atoms with E-state index in [1.165, 1.54) is 0 Å². The third-order valence-corrected chi connectivity index (χ3v) is 3.96. The molecular formula is C17H14BrNO2. The maximum atomic E-state index is 11.5. The number of carbonyl (C=O) groups is 1. The highest BCUT2D eigenvalue weighted by atomic mass is 79.9. The third kappa shape index (κ3) is 3.32. The summed E-state index contributed by atoms with van der Waals surface area (Å²) >= 11 is 3.40. The Bertz CT molecular complexity index is 706. The molecular weight excluding hydrogens is 330 g/mol. The Morgan fingerprint density at radius 3 is 2.52 bits per heavy atom. The first-order valence-corrected chi connectivity index (χ1v) is 7.27. The molecule has 0 radical (unpaired) electrons. The van der Waals surface area contributed by atoms with E-state index in [2.05, 4.69) is 15.9 Å². The van der Waals surface area contributed by atoms with Gasteiger partial charge in [0.05, 0.1) is 6.07 Å². The highest BCUT2D eigenvalue weighted by Crippen LogP contribution is 2.35. The molecule has 106 valence electrons. The maximum Gasteiger partial charge on any atom is 0.321 e. The zero-order valence-corrected chi connectivity index (χ0v) is 13.0. The Labute approximate surface area is 132 Å². The molecule has 0 saturated carbocycles. The van der Waals surface area contributed by atoms with Gasteiger partial charge in [0.2, 0.25) is 0 Å². The van der Waals surface area contributed by atoms with E-state index in [1.54, 1.807) is 0 Å². The number of aryl methyl sites for hydroxylation is 1. The fraction of sp³-hybridized carbons (Fsp3) is 0.176. The fourth-order valence-electron chi connectivity index (χ4n) is 2.46. The van der Waals surface area contributed by atoms with Crippen molar-refractivity contribution >= 4 is 21.9 Å². The Hall–Kier alpha value is -2.12. The minimum Gasteiger partial charge on any atom is -0.480 e. The van der Waals surface area contributed by atoms with Gasteiger partial charge in [0.25, 0.3) is 0 Å². The van der Waals surface area contributed by atoms with Crippen LogP contribution in [0.3, 0.4) is 0 Å². The summed E-state index contributed by atoms with van der Waals surface area (Å²) in [4.78, 5) is 11.5. The van der Waals surface area contributed by atoms with Gasteiger partial charge in [-0.25, -0.2) is 0 Å². The average Bonchev–Trinajstić information content (AvgIpc) is 2.45. The first kappa shape index (κ1) is 15.3. The van der Waals surface area contributed by atoms with Crippen LogP contribution in [-0.4, -0.2) is 11.1 Å². The quantitative estimate of drug-likeness (QED) is 0.908. The van der Waals surface area contributed by atoms with Crippen LogP contribution in [0.5, 0.6) is 0 Å². The minimum absolute atomic E-state index is 0.494. The summed E-state index contributed by atoms with van der Waals surface area (Å²) in [7, 11) is 0. The molecule has 21 heavy (non-hydrogen) atoms. The van der Waals surface area contributed by atoms with Crippen molar-refractivity contribution in [3.05, 3.63) is 69.7 Å². The molecule has 2 atom stereocenters. The minimum atomic E-state index is -1.12. The zero-order chi connectivity index (χ0) is 15.4. The molecule has 1 N–H and O–H groups in total. The molecule has 0 spiro atoms. The molecule has 0 aliphatic rings. The van der Waals surface area contributed by atoms with Gasteiger partial charge in [0.15, 0.2) is 5.92 Å². The highest BCUT2D eigenvalue weighted by molar-refractivity contribution is 9.10. The number of carboxylic acid groups (broad SMARTS) is 1. The summed E-state index contributed by atoms with van der Waals surface area (Å²) in [5.74, 6) is -2.72. The molecule has 2 rings (SSSR count). The predicted octanol–water partition coefficient (Wildman–Crippen LogP) is 4.11. The van der Waals surface area contributed by atoms with Crippen molar-refractivity contribution in [3.63, 3.8) is 0 Å². The van der Waals surface area contributed by atoms with Crippen LogP contribution in [0.1, 0.15) is 22.6 Å².